The number of rotatable bonds is 18. The van der Waals surface area contributed by atoms with Crippen LogP contribution >= 0.6 is 0 Å². The second-order valence-electron chi connectivity index (χ2n) is 10.7. The van der Waals surface area contributed by atoms with Crippen LogP contribution in [0.2, 0.25) is 0 Å². The number of carbonyl (C=O) groups excluding carboxylic acids is 5. The van der Waals surface area contributed by atoms with E-state index < -0.39 is 46.6 Å². The second-order valence-corrected chi connectivity index (χ2v) is 10.7. The topological polar surface area (TPSA) is 231 Å². The van der Waals surface area contributed by atoms with Crippen molar-refractivity contribution in [1.29, 1.82) is 0 Å². The number of allylic oxidation sites excluding steroid dienone is 2. The first kappa shape index (κ1) is 35.0. The molecule has 17 nitrogen and oxygen atoms in total. The number of carboxylic acids is 1. The lowest BCUT2D eigenvalue weighted by atomic mass is 9.87. The van der Waals surface area contributed by atoms with E-state index in [1.54, 1.807) is 6.92 Å². The minimum Gasteiger partial charge on any atom is -0.480 e. The first-order valence-corrected chi connectivity index (χ1v) is 14.5. The van der Waals surface area contributed by atoms with Gasteiger partial charge in [-0.05, 0) is 26.0 Å². The van der Waals surface area contributed by atoms with Gasteiger partial charge in [-0.3, -0.25) is 4.79 Å². The van der Waals surface area contributed by atoms with Crippen molar-refractivity contribution in [1.82, 2.24) is 0 Å². The first-order chi connectivity index (χ1) is 22.1. The zero-order valence-corrected chi connectivity index (χ0v) is 25.2. The van der Waals surface area contributed by atoms with Crippen molar-refractivity contribution >= 4 is 35.8 Å². The largest absolute Gasteiger partial charge is 0.480 e. The van der Waals surface area contributed by atoms with Crippen LogP contribution in [0.15, 0.2) is 24.3 Å². The van der Waals surface area contributed by atoms with Crippen molar-refractivity contribution in [2.24, 2.45) is 10.8 Å². The molecule has 0 aromatic rings. The van der Waals surface area contributed by atoms with Crippen LogP contribution in [0.5, 0.6) is 0 Å². The van der Waals surface area contributed by atoms with Crippen LogP contribution in [-0.2, 0) is 76.1 Å². The molecular formula is C29H36O17. The van der Waals surface area contributed by atoms with Crippen molar-refractivity contribution in [2.45, 2.75) is 44.4 Å². The summed E-state index contributed by atoms with van der Waals surface area (Å²) >= 11 is 0. The summed E-state index contributed by atoms with van der Waals surface area (Å²) in [4.78, 5) is 73.5. The molecule has 5 heterocycles. The Hall–Kier alpha value is -3.90. The number of hydrogen-bond donors (Lipinski definition) is 1. The highest BCUT2D eigenvalue weighted by Crippen LogP contribution is 2.29. The first-order valence-electron chi connectivity index (χ1n) is 14.5. The number of aliphatic carboxylic acids is 1. The SMILES string of the molecule is C/C=C/C(C(=O)O)(C(=O)OCC1CO1)C(=O)OCC1CO1.C/C=C/C(C(=O)OCC1CO1)(C(=O)OCC1CO1)C(=O)OCC1CO1. The Bertz CT molecular complexity index is 1110. The summed E-state index contributed by atoms with van der Waals surface area (Å²) in [6, 6.07) is 0. The van der Waals surface area contributed by atoms with Crippen LogP contribution in [0.1, 0.15) is 13.8 Å². The summed E-state index contributed by atoms with van der Waals surface area (Å²) in [5.41, 5.74) is -4.81. The molecule has 5 rings (SSSR count). The van der Waals surface area contributed by atoms with Gasteiger partial charge in [0.25, 0.3) is 10.8 Å². The van der Waals surface area contributed by atoms with Gasteiger partial charge >= 0.3 is 35.8 Å². The maximum absolute atomic E-state index is 12.6. The molecule has 5 unspecified atom stereocenters. The van der Waals surface area contributed by atoms with Crippen LogP contribution in [0, 0.1) is 10.8 Å². The van der Waals surface area contributed by atoms with E-state index in [2.05, 4.69) is 0 Å². The van der Waals surface area contributed by atoms with Crippen molar-refractivity contribution in [3.63, 3.8) is 0 Å². The summed E-state index contributed by atoms with van der Waals surface area (Å²) in [5, 5.41) is 9.34. The van der Waals surface area contributed by atoms with Gasteiger partial charge < -0.3 is 52.5 Å². The van der Waals surface area contributed by atoms with Gasteiger partial charge in [0.05, 0.1) is 33.0 Å². The molecule has 0 radical (unpaired) electrons. The minimum absolute atomic E-state index is 0.0455. The predicted octanol–water partition coefficient (Wildman–Crippen LogP) is -1.11. The van der Waals surface area contributed by atoms with Crippen LogP contribution in [0.3, 0.4) is 0 Å². The van der Waals surface area contributed by atoms with Crippen LogP contribution in [-0.4, -0.2) is 138 Å². The summed E-state index contributed by atoms with van der Waals surface area (Å²) in [6.45, 7) is 5.04. The molecule has 0 bridgehead atoms. The lowest BCUT2D eigenvalue weighted by Crippen LogP contribution is -2.49. The fraction of sp³-hybridized carbons (Fsp3) is 0.655. The minimum atomic E-state index is -2.50. The van der Waals surface area contributed by atoms with Crippen molar-refractivity contribution < 1.29 is 81.2 Å². The van der Waals surface area contributed by atoms with Gasteiger partial charge in [0.15, 0.2) is 0 Å². The number of ether oxygens (including phenoxy) is 10. The molecule has 5 aliphatic rings. The zero-order valence-electron chi connectivity index (χ0n) is 25.2. The molecule has 0 aromatic carbocycles. The molecule has 5 aliphatic heterocycles. The molecule has 5 saturated heterocycles. The monoisotopic (exact) mass is 656 g/mol. The molecule has 1 N–H and O–H groups in total. The molecule has 46 heavy (non-hydrogen) atoms. The number of hydrogen-bond acceptors (Lipinski definition) is 16. The van der Waals surface area contributed by atoms with Gasteiger partial charge in [0.2, 0.25) is 0 Å². The Morgan fingerprint density at radius 2 is 0.739 bits per heavy atom. The third kappa shape index (κ3) is 9.56. The smallest absolute Gasteiger partial charge is 0.339 e. The average Bonchev–Trinajstić information content (AvgIpc) is 3.85. The summed E-state index contributed by atoms with van der Waals surface area (Å²) in [6.07, 6.45) is 3.69. The van der Waals surface area contributed by atoms with E-state index in [0.717, 1.165) is 12.2 Å². The highest BCUT2D eigenvalue weighted by molar-refractivity contribution is 6.20. The van der Waals surface area contributed by atoms with Crippen molar-refractivity contribution in [3.8, 4) is 0 Å². The molecule has 0 aromatic heterocycles. The normalized spacial score (nSPS) is 27.5. The summed E-state index contributed by atoms with van der Waals surface area (Å²) < 4.78 is 49.6. The molecule has 0 spiro atoms. The van der Waals surface area contributed by atoms with Crippen LogP contribution in [0.25, 0.3) is 0 Å². The van der Waals surface area contributed by atoms with E-state index in [0.29, 0.717) is 33.0 Å². The molecule has 0 saturated carbocycles. The van der Waals surface area contributed by atoms with E-state index in [4.69, 9.17) is 47.4 Å². The van der Waals surface area contributed by atoms with E-state index >= 15 is 0 Å². The molecule has 254 valence electrons. The number of esters is 5. The Labute approximate surface area is 262 Å². The maximum atomic E-state index is 12.6. The van der Waals surface area contributed by atoms with Crippen molar-refractivity contribution in [3.05, 3.63) is 24.3 Å². The quantitative estimate of drug-likeness (QED) is 0.0606. The van der Waals surface area contributed by atoms with Gasteiger partial charge in [-0.1, -0.05) is 12.2 Å². The molecular weight excluding hydrogens is 620 g/mol. The molecule has 5 fully saturated rings. The Morgan fingerprint density at radius 3 is 0.935 bits per heavy atom. The molecule has 0 aliphatic carbocycles. The van der Waals surface area contributed by atoms with Crippen LogP contribution in [0.4, 0.5) is 0 Å². The maximum Gasteiger partial charge on any atom is 0.339 e. The summed E-state index contributed by atoms with van der Waals surface area (Å²) in [7, 11) is 0. The Kier molecular flexibility index (Phi) is 11.9. The van der Waals surface area contributed by atoms with E-state index in [-0.39, 0.29) is 63.6 Å². The Balaban J connectivity index is 0.000000212. The molecule has 0 amide bonds. The fourth-order valence-electron chi connectivity index (χ4n) is 3.65. The third-order valence-corrected chi connectivity index (χ3v) is 6.79. The zero-order chi connectivity index (χ0) is 33.3. The third-order valence-electron chi connectivity index (χ3n) is 6.79. The van der Waals surface area contributed by atoms with Gasteiger partial charge in [0.1, 0.15) is 63.6 Å². The molecule has 5 atom stereocenters. The van der Waals surface area contributed by atoms with E-state index in [9.17, 15) is 33.9 Å². The van der Waals surface area contributed by atoms with Gasteiger partial charge in [-0.25, -0.2) is 24.0 Å². The second kappa shape index (κ2) is 15.6. The van der Waals surface area contributed by atoms with Gasteiger partial charge in [-0.2, -0.15) is 0 Å². The standard InChI is InChI=1S/C16H20O9.C13H16O8/c1-2-3-16(13(17)23-7-10-4-20-10,14(18)24-8-11-5-21-11)15(19)25-9-12-6-22-12;1-2-3-13(10(14)15,11(16)20-6-8-4-18-8)12(17)21-7-9-5-19-9/h2-3,10-12H,4-9H2,1H3;2-3,8-9H,4-7H2,1H3,(H,14,15)/b2*3-2+. The number of carboxylic acid groups (broad SMARTS) is 1. The highest BCUT2D eigenvalue weighted by atomic mass is 16.6. The fourth-order valence-corrected chi connectivity index (χ4v) is 3.65. The van der Waals surface area contributed by atoms with Crippen LogP contribution < -0.4 is 0 Å². The highest BCUT2D eigenvalue weighted by Gasteiger charge is 2.57. The van der Waals surface area contributed by atoms with E-state index in [1.165, 1.54) is 19.1 Å². The average molecular weight is 657 g/mol. The number of epoxide rings is 5. The van der Waals surface area contributed by atoms with Crippen molar-refractivity contribution in [2.75, 3.05) is 66.1 Å². The lowest BCUT2D eigenvalue weighted by molar-refractivity contribution is -0.182. The number of carbonyl (C=O) groups is 6. The lowest BCUT2D eigenvalue weighted by Gasteiger charge is -2.24. The molecule has 17 heteroatoms. The van der Waals surface area contributed by atoms with E-state index in [1.807, 2.05) is 0 Å². The Morgan fingerprint density at radius 1 is 0.522 bits per heavy atom. The summed E-state index contributed by atoms with van der Waals surface area (Å²) in [5.74, 6) is -7.18. The van der Waals surface area contributed by atoms with Gasteiger partial charge in [0, 0.05) is 0 Å². The predicted molar refractivity (Wildman–Crippen MR) is 146 cm³/mol. The van der Waals surface area contributed by atoms with Gasteiger partial charge in [-0.15, -0.1) is 0 Å².